The summed E-state index contributed by atoms with van der Waals surface area (Å²) in [6.07, 6.45) is 3.20. The topological polar surface area (TPSA) is 58.3 Å². The number of nitrogens with two attached hydrogens (primary N) is 1. The Hall–Kier alpha value is -1.06. The highest BCUT2D eigenvalue weighted by Crippen LogP contribution is 2.30. The first-order chi connectivity index (χ1) is 8.22. The first-order valence-corrected chi connectivity index (χ1v) is 6.46. The molecule has 3 heteroatoms. The first kappa shape index (κ1) is 12.4. The van der Waals surface area contributed by atoms with Crippen molar-refractivity contribution in [3.8, 4) is 0 Å². The summed E-state index contributed by atoms with van der Waals surface area (Å²) in [5.74, 6) is 0.567. The molecular weight excluding hydrogens is 212 g/mol. The van der Waals surface area contributed by atoms with E-state index in [1.807, 2.05) is 24.3 Å². The van der Waals surface area contributed by atoms with E-state index < -0.39 is 6.10 Å². The third-order valence-electron chi connectivity index (χ3n) is 3.71. The van der Waals surface area contributed by atoms with Gasteiger partial charge in [0.25, 0.3) is 0 Å². The Balaban J connectivity index is 2.12. The fourth-order valence-electron chi connectivity index (χ4n) is 2.70. The van der Waals surface area contributed by atoms with E-state index >= 15 is 0 Å². The van der Waals surface area contributed by atoms with Crippen molar-refractivity contribution in [1.82, 2.24) is 0 Å². The molecule has 0 aliphatic heterocycles. The SMILES string of the molecule is CC(O)c1ccccc1NC1CCCC1CN. The Labute approximate surface area is 103 Å². The maximum absolute atomic E-state index is 9.74. The fraction of sp³-hybridized carbons (Fsp3) is 0.571. The number of benzene rings is 1. The Morgan fingerprint density at radius 2 is 2.18 bits per heavy atom. The second-order valence-corrected chi connectivity index (χ2v) is 4.94. The van der Waals surface area contributed by atoms with Gasteiger partial charge in [-0.3, -0.25) is 0 Å². The summed E-state index contributed by atoms with van der Waals surface area (Å²) in [7, 11) is 0. The zero-order valence-corrected chi connectivity index (χ0v) is 10.4. The third kappa shape index (κ3) is 2.79. The minimum atomic E-state index is -0.434. The Morgan fingerprint density at radius 3 is 2.88 bits per heavy atom. The monoisotopic (exact) mass is 234 g/mol. The molecule has 3 unspecified atom stereocenters. The van der Waals surface area contributed by atoms with Gasteiger partial charge >= 0.3 is 0 Å². The van der Waals surface area contributed by atoms with E-state index in [9.17, 15) is 5.11 Å². The van der Waals surface area contributed by atoms with Crippen LogP contribution in [0.4, 0.5) is 5.69 Å². The molecule has 17 heavy (non-hydrogen) atoms. The molecule has 3 nitrogen and oxygen atoms in total. The van der Waals surface area contributed by atoms with Gasteiger partial charge in [-0.05, 0) is 38.3 Å². The molecule has 0 saturated heterocycles. The number of anilines is 1. The number of aliphatic hydroxyl groups excluding tert-OH is 1. The fourth-order valence-corrected chi connectivity index (χ4v) is 2.70. The van der Waals surface area contributed by atoms with Crippen LogP contribution < -0.4 is 11.1 Å². The number of para-hydroxylation sites is 1. The van der Waals surface area contributed by atoms with E-state index in [-0.39, 0.29) is 0 Å². The highest BCUT2D eigenvalue weighted by molar-refractivity contribution is 5.53. The van der Waals surface area contributed by atoms with E-state index in [0.29, 0.717) is 12.0 Å². The van der Waals surface area contributed by atoms with Crippen LogP contribution in [0.3, 0.4) is 0 Å². The van der Waals surface area contributed by atoms with Crippen LogP contribution in [0, 0.1) is 5.92 Å². The van der Waals surface area contributed by atoms with Crippen molar-refractivity contribution in [2.24, 2.45) is 11.7 Å². The molecule has 1 fully saturated rings. The van der Waals surface area contributed by atoms with Crippen molar-refractivity contribution in [2.75, 3.05) is 11.9 Å². The Bertz CT molecular complexity index is 365. The van der Waals surface area contributed by atoms with Gasteiger partial charge in [-0.1, -0.05) is 24.6 Å². The molecule has 3 atom stereocenters. The number of aliphatic hydroxyl groups is 1. The first-order valence-electron chi connectivity index (χ1n) is 6.46. The van der Waals surface area contributed by atoms with Gasteiger partial charge in [0.15, 0.2) is 0 Å². The van der Waals surface area contributed by atoms with Crippen LogP contribution in [-0.2, 0) is 0 Å². The Kier molecular flexibility index (Phi) is 4.02. The summed E-state index contributed by atoms with van der Waals surface area (Å²) in [6, 6.07) is 8.43. The van der Waals surface area contributed by atoms with Crippen molar-refractivity contribution in [3.63, 3.8) is 0 Å². The molecule has 0 radical (unpaired) electrons. The standard InChI is InChI=1S/C14H22N2O/c1-10(17)12-6-2-3-7-14(12)16-13-8-4-5-11(13)9-15/h2-3,6-7,10-11,13,16-17H,4-5,8-9,15H2,1H3. The van der Waals surface area contributed by atoms with E-state index in [1.54, 1.807) is 6.92 Å². The van der Waals surface area contributed by atoms with Gasteiger partial charge in [-0.2, -0.15) is 0 Å². The number of hydrogen-bond acceptors (Lipinski definition) is 3. The van der Waals surface area contributed by atoms with Gasteiger partial charge in [-0.15, -0.1) is 0 Å². The predicted octanol–water partition coefficient (Wildman–Crippen LogP) is 2.28. The maximum atomic E-state index is 9.74. The molecule has 2 rings (SSSR count). The highest BCUT2D eigenvalue weighted by Gasteiger charge is 2.26. The molecule has 1 aliphatic carbocycles. The van der Waals surface area contributed by atoms with Crippen LogP contribution in [-0.4, -0.2) is 17.7 Å². The van der Waals surface area contributed by atoms with Crippen LogP contribution in [0.1, 0.15) is 37.9 Å². The molecule has 0 amide bonds. The normalized spacial score (nSPS) is 25.8. The smallest absolute Gasteiger partial charge is 0.0781 e. The van der Waals surface area contributed by atoms with Gasteiger partial charge < -0.3 is 16.2 Å². The average Bonchev–Trinajstić information content (AvgIpc) is 2.77. The zero-order chi connectivity index (χ0) is 12.3. The molecule has 1 aliphatic rings. The van der Waals surface area contributed by atoms with Crippen molar-refractivity contribution in [3.05, 3.63) is 29.8 Å². The van der Waals surface area contributed by atoms with Gasteiger partial charge in [0.2, 0.25) is 0 Å². The van der Waals surface area contributed by atoms with E-state index in [2.05, 4.69) is 5.32 Å². The second kappa shape index (κ2) is 5.52. The summed E-state index contributed by atoms with van der Waals surface area (Å²) >= 11 is 0. The average molecular weight is 234 g/mol. The third-order valence-corrected chi connectivity index (χ3v) is 3.71. The maximum Gasteiger partial charge on any atom is 0.0781 e. The van der Waals surface area contributed by atoms with Crippen LogP contribution in [0.2, 0.25) is 0 Å². The largest absolute Gasteiger partial charge is 0.389 e. The molecule has 0 aromatic heterocycles. The summed E-state index contributed by atoms with van der Waals surface area (Å²) in [5.41, 5.74) is 7.80. The molecule has 4 N–H and O–H groups in total. The summed E-state index contributed by atoms with van der Waals surface area (Å²) in [5, 5.41) is 13.3. The molecule has 1 saturated carbocycles. The van der Waals surface area contributed by atoms with E-state index in [4.69, 9.17) is 5.73 Å². The number of nitrogens with one attached hydrogen (secondary N) is 1. The molecule has 0 bridgehead atoms. The number of hydrogen-bond donors (Lipinski definition) is 3. The van der Waals surface area contributed by atoms with Crippen molar-refractivity contribution in [1.29, 1.82) is 0 Å². The molecule has 0 spiro atoms. The van der Waals surface area contributed by atoms with Gasteiger partial charge in [0.05, 0.1) is 6.10 Å². The van der Waals surface area contributed by atoms with Gasteiger partial charge in [-0.25, -0.2) is 0 Å². The highest BCUT2D eigenvalue weighted by atomic mass is 16.3. The molecule has 0 heterocycles. The van der Waals surface area contributed by atoms with Gasteiger partial charge in [0.1, 0.15) is 0 Å². The summed E-state index contributed by atoms with van der Waals surface area (Å²) < 4.78 is 0. The van der Waals surface area contributed by atoms with Crippen molar-refractivity contribution in [2.45, 2.75) is 38.3 Å². The van der Waals surface area contributed by atoms with Crippen LogP contribution in [0.5, 0.6) is 0 Å². The van der Waals surface area contributed by atoms with Gasteiger partial charge in [0, 0.05) is 17.3 Å². The lowest BCUT2D eigenvalue weighted by Crippen LogP contribution is -2.29. The zero-order valence-electron chi connectivity index (χ0n) is 10.4. The molecular formula is C14H22N2O. The summed E-state index contributed by atoms with van der Waals surface area (Å²) in [6.45, 7) is 2.55. The molecule has 1 aromatic carbocycles. The summed E-state index contributed by atoms with van der Waals surface area (Å²) in [4.78, 5) is 0. The number of rotatable bonds is 4. The minimum absolute atomic E-state index is 0.434. The second-order valence-electron chi connectivity index (χ2n) is 4.94. The lowest BCUT2D eigenvalue weighted by atomic mass is 10.0. The van der Waals surface area contributed by atoms with Crippen LogP contribution in [0.15, 0.2) is 24.3 Å². The van der Waals surface area contributed by atoms with E-state index in [0.717, 1.165) is 17.8 Å². The van der Waals surface area contributed by atoms with Crippen molar-refractivity contribution < 1.29 is 5.11 Å². The van der Waals surface area contributed by atoms with E-state index in [1.165, 1.54) is 19.3 Å². The quantitative estimate of drug-likeness (QED) is 0.749. The Morgan fingerprint density at radius 1 is 1.41 bits per heavy atom. The van der Waals surface area contributed by atoms with Crippen molar-refractivity contribution >= 4 is 5.69 Å². The minimum Gasteiger partial charge on any atom is -0.389 e. The van der Waals surface area contributed by atoms with Crippen LogP contribution >= 0.6 is 0 Å². The predicted molar refractivity (Wildman–Crippen MR) is 70.9 cm³/mol. The molecule has 1 aromatic rings. The van der Waals surface area contributed by atoms with Crippen LogP contribution in [0.25, 0.3) is 0 Å². The molecule has 94 valence electrons. The lowest BCUT2D eigenvalue weighted by Gasteiger charge is -2.23. The lowest BCUT2D eigenvalue weighted by molar-refractivity contribution is 0.200.